The Morgan fingerprint density at radius 3 is 0.910 bits per heavy atom. The molecule has 0 saturated heterocycles. The molecule has 7 nitrogen and oxygen atoms in total. The average Bonchev–Trinajstić information content (AvgIpc) is 3.31. The van der Waals surface area contributed by atoms with Gasteiger partial charge in [0.25, 0.3) is 0 Å². The van der Waals surface area contributed by atoms with E-state index in [9.17, 15) is 24.3 Å². The maximum Gasteiger partial charge on any atom is 0.469 e. The second-order valence-electron chi connectivity index (χ2n) is 21.0. The summed E-state index contributed by atoms with van der Waals surface area (Å²) in [5.41, 5.74) is 0. The molecule has 0 radical (unpaired) electrons. The third kappa shape index (κ3) is 56.1. The third-order valence-electron chi connectivity index (χ3n) is 14.2. The first-order valence-electron chi connectivity index (χ1n) is 30.1. The van der Waals surface area contributed by atoms with Gasteiger partial charge in [-0.05, 0) is 19.3 Å². The number of hydrogen-bond acceptors (Lipinski definition) is 4. The van der Waals surface area contributed by atoms with Crippen LogP contribution in [0.4, 0.5) is 0 Å². The topological polar surface area (TPSA) is 116 Å². The van der Waals surface area contributed by atoms with E-state index in [0.717, 1.165) is 38.5 Å². The van der Waals surface area contributed by atoms with Crippen LogP contribution in [0.2, 0.25) is 0 Å². The van der Waals surface area contributed by atoms with Gasteiger partial charge in [0.15, 0.2) is 0 Å². The molecule has 67 heavy (non-hydrogen) atoms. The van der Waals surface area contributed by atoms with E-state index in [1.807, 2.05) is 6.08 Å². The van der Waals surface area contributed by atoms with Gasteiger partial charge in [-0.3, -0.25) is 9.32 Å². The van der Waals surface area contributed by atoms with Gasteiger partial charge in [-0.15, -0.1) is 0 Å². The van der Waals surface area contributed by atoms with Crippen molar-refractivity contribution in [1.29, 1.82) is 0 Å². The number of phosphoric ester groups is 1. The molecule has 0 spiro atoms. The Hall–Kier alpha value is -0.720. The van der Waals surface area contributed by atoms with Gasteiger partial charge < -0.3 is 20.2 Å². The Morgan fingerprint density at radius 1 is 0.418 bits per heavy atom. The quantitative estimate of drug-likeness (QED) is 0.0274. The van der Waals surface area contributed by atoms with Gasteiger partial charge >= 0.3 is 7.82 Å². The number of phosphoric acid groups is 1. The first kappa shape index (κ1) is 66.3. The number of hydrogen-bond donors (Lipinski definition) is 4. The Labute approximate surface area is 418 Å². The smallest absolute Gasteiger partial charge is 0.387 e. The minimum absolute atomic E-state index is 0.218. The fraction of sp³-hybridized carbons (Fsp3) is 0.949. The summed E-state index contributed by atoms with van der Waals surface area (Å²) in [4.78, 5) is 31.1. The molecule has 400 valence electrons. The van der Waals surface area contributed by atoms with Gasteiger partial charge in [0.1, 0.15) is 0 Å². The number of amides is 1. The highest BCUT2D eigenvalue weighted by molar-refractivity contribution is 7.46. The second-order valence-corrected chi connectivity index (χ2v) is 22.3. The van der Waals surface area contributed by atoms with Crippen molar-refractivity contribution in [2.24, 2.45) is 0 Å². The summed E-state index contributed by atoms with van der Waals surface area (Å²) in [5, 5.41) is 13.5. The molecule has 0 aromatic heterocycles. The van der Waals surface area contributed by atoms with Crippen molar-refractivity contribution in [3.8, 4) is 0 Å². The Kier molecular flexibility index (Phi) is 54.0. The molecule has 0 unspecified atom stereocenters. The Bertz CT molecular complexity index is 1050. The monoisotopic (exact) mass is 968 g/mol. The molecule has 0 heterocycles. The van der Waals surface area contributed by atoms with Crippen LogP contribution in [-0.2, 0) is 13.9 Å². The number of rotatable bonds is 57. The molecule has 4 N–H and O–H groups in total. The fourth-order valence-corrected chi connectivity index (χ4v) is 10.1. The summed E-state index contributed by atoms with van der Waals surface area (Å²) in [6.07, 6.45) is 70.2. The highest BCUT2D eigenvalue weighted by atomic mass is 31.2. The summed E-state index contributed by atoms with van der Waals surface area (Å²) >= 11 is 0. The van der Waals surface area contributed by atoms with Crippen molar-refractivity contribution in [3.05, 3.63) is 12.2 Å². The van der Waals surface area contributed by atoms with Crippen LogP contribution in [0.5, 0.6) is 0 Å². The lowest BCUT2D eigenvalue weighted by Gasteiger charge is -2.22. The molecule has 0 aromatic carbocycles. The molecular formula is C59H118NO6P. The largest absolute Gasteiger partial charge is 0.469 e. The number of aliphatic hydroxyl groups excluding tert-OH is 1. The molecule has 0 aliphatic rings. The summed E-state index contributed by atoms with van der Waals surface area (Å²) in [5.74, 6) is -0.218. The minimum Gasteiger partial charge on any atom is -0.387 e. The van der Waals surface area contributed by atoms with E-state index in [1.165, 1.54) is 283 Å². The van der Waals surface area contributed by atoms with Crippen molar-refractivity contribution in [3.63, 3.8) is 0 Å². The van der Waals surface area contributed by atoms with Crippen LogP contribution in [0.1, 0.15) is 341 Å². The fourth-order valence-electron chi connectivity index (χ4n) is 9.70. The molecule has 0 aromatic rings. The zero-order chi connectivity index (χ0) is 48.8. The van der Waals surface area contributed by atoms with E-state index in [2.05, 4.69) is 23.7 Å². The van der Waals surface area contributed by atoms with Gasteiger partial charge in [0, 0.05) is 6.42 Å². The van der Waals surface area contributed by atoms with Crippen molar-refractivity contribution in [2.45, 2.75) is 353 Å². The Morgan fingerprint density at radius 2 is 0.657 bits per heavy atom. The summed E-state index contributed by atoms with van der Waals surface area (Å²) in [7, 11) is -4.72. The molecule has 0 aliphatic heterocycles. The highest BCUT2D eigenvalue weighted by Crippen LogP contribution is 2.36. The van der Waals surface area contributed by atoms with Crippen molar-refractivity contribution in [1.82, 2.24) is 5.32 Å². The predicted octanol–water partition coefficient (Wildman–Crippen LogP) is 19.4. The van der Waals surface area contributed by atoms with Gasteiger partial charge in [0.05, 0.1) is 18.8 Å². The molecule has 0 fully saturated rings. The maximum atomic E-state index is 12.7. The van der Waals surface area contributed by atoms with Crippen LogP contribution < -0.4 is 5.32 Å². The maximum absolute atomic E-state index is 12.7. The normalized spacial score (nSPS) is 13.0. The van der Waals surface area contributed by atoms with Gasteiger partial charge in [-0.1, -0.05) is 328 Å². The van der Waals surface area contributed by atoms with Crippen molar-refractivity contribution < 1.29 is 28.8 Å². The molecule has 0 bridgehead atoms. The number of carbonyl (C=O) groups excluding carboxylic acids is 1. The number of allylic oxidation sites excluding steroid dienone is 1. The van der Waals surface area contributed by atoms with Crippen LogP contribution in [0.3, 0.4) is 0 Å². The highest BCUT2D eigenvalue weighted by Gasteiger charge is 2.24. The summed E-state index contributed by atoms with van der Waals surface area (Å²) in [6.45, 7) is 4.12. The van der Waals surface area contributed by atoms with E-state index in [1.54, 1.807) is 6.08 Å². The standard InChI is InChI=1S/C59H118NO6P/c1-3-5-7-9-11-13-15-17-19-21-22-23-24-25-26-27-28-29-30-31-32-33-34-35-36-37-38-39-41-43-45-47-49-51-53-55-59(62)60-57(56-66-67(63,64)65)58(61)54-52-50-48-46-44-42-40-20-18-16-14-12-10-8-6-4-2/h52,54,57-58,61H,3-51,53,55-56H2,1-2H3,(H,60,62)(H2,63,64,65)/b54-52+/t57-,58+/m0/s1. The van der Waals surface area contributed by atoms with Gasteiger partial charge in [-0.25, -0.2) is 4.57 Å². The lowest BCUT2D eigenvalue weighted by atomic mass is 10.0. The SMILES string of the molecule is CCCCCCCCCCCCCCCC/C=C/[C@@H](O)[C@H](COP(=O)(O)O)NC(=O)CCCCCCCCCCCCCCCCCCCCCCCCCCCCCCCCCCCCC. The first-order chi connectivity index (χ1) is 32.8. The average molecular weight is 969 g/mol. The van der Waals surface area contributed by atoms with Gasteiger partial charge in [0.2, 0.25) is 5.91 Å². The van der Waals surface area contributed by atoms with Gasteiger partial charge in [-0.2, -0.15) is 0 Å². The van der Waals surface area contributed by atoms with E-state index < -0.39 is 26.6 Å². The number of aliphatic hydroxyl groups is 1. The van der Waals surface area contributed by atoms with E-state index >= 15 is 0 Å². The van der Waals surface area contributed by atoms with Crippen LogP contribution in [0.25, 0.3) is 0 Å². The second kappa shape index (κ2) is 54.6. The van der Waals surface area contributed by atoms with E-state index in [4.69, 9.17) is 0 Å². The zero-order valence-electron chi connectivity index (χ0n) is 45.1. The van der Waals surface area contributed by atoms with E-state index in [-0.39, 0.29) is 5.91 Å². The number of carbonyl (C=O) groups is 1. The number of unbranched alkanes of at least 4 members (excludes halogenated alkanes) is 48. The van der Waals surface area contributed by atoms with Crippen molar-refractivity contribution in [2.75, 3.05) is 6.61 Å². The summed E-state index contributed by atoms with van der Waals surface area (Å²) in [6, 6.07) is -0.907. The molecule has 0 aliphatic carbocycles. The summed E-state index contributed by atoms with van der Waals surface area (Å²) < 4.78 is 16.0. The first-order valence-corrected chi connectivity index (χ1v) is 31.7. The lowest BCUT2D eigenvalue weighted by molar-refractivity contribution is -0.123. The molecule has 0 rings (SSSR count). The third-order valence-corrected chi connectivity index (χ3v) is 14.7. The zero-order valence-corrected chi connectivity index (χ0v) is 46.0. The van der Waals surface area contributed by atoms with E-state index in [0.29, 0.717) is 6.42 Å². The molecule has 8 heteroatoms. The molecule has 1 amide bonds. The van der Waals surface area contributed by atoms with Crippen LogP contribution in [0.15, 0.2) is 12.2 Å². The predicted molar refractivity (Wildman–Crippen MR) is 292 cm³/mol. The minimum atomic E-state index is -4.72. The van der Waals surface area contributed by atoms with Crippen LogP contribution >= 0.6 is 7.82 Å². The molecular weight excluding hydrogens is 850 g/mol. The van der Waals surface area contributed by atoms with Crippen LogP contribution in [-0.4, -0.2) is 39.6 Å². The number of nitrogens with one attached hydrogen (secondary N) is 1. The van der Waals surface area contributed by atoms with Crippen LogP contribution in [0, 0.1) is 0 Å². The molecule has 0 saturated carbocycles. The molecule has 2 atom stereocenters. The Balaban J connectivity index is 3.62. The van der Waals surface area contributed by atoms with Crippen molar-refractivity contribution >= 4 is 13.7 Å². The lowest BCUT2D eigenvalue weighted by Crippen LogP contribution is -2.45.